The molecule has 0 radical (unpaired) electrons. The Balaban J connectivity index is 1.78. The predicted octanol–water partition coefficient (Wildman–Crippen LogP) is 5.52. The van der Waals surface area contributed by atoms with Gasteiger partial charge >= 0.3 is 0 Å². The van der Waals surface area contributed by atoms with E-state index in [1.807, 2.05) is 17.4 Å². The van der Waals surface area contributed by atoms with Crippen molar-refractivity contribution in [2.45, 2.75) is 44.7 Å². The van der Waals surface area contributed by atoms with E-state index in [9.17, 15) is 0 Å². The summed E-state index contributed by atoms with van der Waals surface area (Å²) in [6.45, 7) is 2.25. The summed E-state index contributed by atoms with van der Waals surface area (Å²) in [6, 6.07) is 11.7. The molecule has 1 heterocycles. The molecule has 3 rings (SSSR count). The van der Waals surface area contributed by atoms with Gasteiger partial charge in [0.1, 0.15) is 0 Å². The van der Waals surface area contributed by atoms with E-state index < -0.39 is 0 Å². The molecular formula is C17H20ClNS. The maximum atomic E-state index is 6.09. The van der Waals surface area contributed by atoms with Crippen LogP contribution in [0.15, 0.2) is 35.7 Å². The summed E-state index contributed by atoms with van der Waals surface area (Å²) >= 11 is 7.94. The van der Waals surface area contributed by atoms with Crippen molar-refractivity contribution in [3.63, 3.8) is 0 Å². The molecule has 1 aliphatic carbocycles. The Labute approximate surface area is 130 Å². The number of hydrogen-bond donors (Lipinski definition) is 1. The van der Waals surface area contributed by atoms with Crippen molar-refractivity contribution >= 4 is 22.9 Å². The molecule has 0 saturated heterocycles. The highest BCUT2D eigenvalue weighted by Gasteiger charge is 2.25. The Morgan fingerprint density at radius 2 is 2.30 bits per heavy atom. The summed E-state index contributed by atoms with van der Waals surface area (Å²) in [6.07, 6.45) is 4.72. The number of benzene rings is 1. The topological polar surface area (TPSA) is 12.0 Å². The summed E-state index contributed by atoms with van der Waals surface area (Å²) in [5.74, 6) is 0. The molecule has 0 aliphatic heterocycles. The summed E-state index contributed by atoms with van der Waals surface area (Å²) < 4.78 is 0. The zero-order chi connectivity index (χ0) is 13.9. The van der Waals surface area contributed by atoms with Gasteiger partial charge in [-0.1, -0.05) is 37.1 Å². The number of hydrogen-bond acceptors (Lipinski definition) is 2. The fraction of sp³-hybridized carbons (Fsp3) is 0.412. The van der Waals surface area contributed by atoms with Crippen molar-refractivity contribution in [1.29, 1.82) is 0 Å². The fourth-order valence-corrected chi connectivity index (χ4v) is 4.10. The van der Waals surface area contributed by atoms with Gasteiger partial charge in [0, 0.05) is 22.0 Å². The minimum absolute atomic E-state index is 0.473. The van der Waals surface area contributed by atoms with E-state index in [-0.39, 0.29) is 0 Å². The average molecular weight is 306 g/mol. The molecule has 106 valence electrons. The number of thiophene rings is 1. The van der Waals surface area contributed by atoms with E-state index >= 15 is 0 Å². The van der Waals surface area contributed by atoms with Crippen LogP contribution in [0.25, 0.3) is 0 Å². The van der Waals surface area contributed by atoms with Gasteiger partial charge in [-0.3, -0.25) is 0 Å². The highest BCUT2D eigenvalue weighted by atomic mass is 35.5. The van der Waals surface area contributed by atoms with Gasteiger partial charge < -0.3 is 5.32 Å². The van der Waals surface area contributed by atoms with Gasteiger partial charge in [0.2, 0.25) is 0 Å². The van der Waals surface area contributed by atoms with Gasteiger partial charge in [0.05, 0.1) is 0 Å². The Hall–Kier alpha value is -0.830. The number of nitrogens with one attached hydrogen (secondary N) is 1. The van der Waals surface area contributed by atoms with Crippen LogP contribution in [-0.2, 0) is 6.42 Å². The first kappa shape index (κ1) is 14.1. The maximum absolute atomic E-state index is 6.09. The van der Waals surface area contributed by atoms with Crippen LogP contribution in [0.5, 0.6) is 0 Å². The lowest BCUT2D eigenvalue weighted by atomic mass is 10.0. The van der Waals surface area contributed by atoms with Crippen molar-refractivity contribution in [2.24, 2.45) is 0 Å². The number of aryl methyl sites for hydroxylation is 1. The normalized spacial score (nSPS) is 19.0. The largest absolute Gasteiger partial charge is 0.302 e. The molecule has 0 amide bonds. The van der Waals surface area contributed by atoms with Gasteiger partial charge in [-0.05, 0) is 54.0 Å². The highest BCUT2D eigenvalue weighted by molar-refractivity contribution is 7.10. The second kappa shape index (κ2) is 6.30. The Morgan fingerprint density at radius 3 is 3.05 bits per heavy atom. The zero-order valence-electron chi connectivity index (χ0n) is 11.7. The zero-order valence-corrected chi connectivity index (χ0v) is 13.3. The van der Waals surface area contributed by atoms with Crippen LogP contribution in [-0.4, -0.2) is 0 Å². The number of rotatable bonds is 5. The first-order valence-electron chi connectivity index (χ1n) is 7.35. The summed E-state index contributed by atoms with van der Waals surface area (Å²) in [5, 5.41) is 6.89. The SMILES string of the molecule is CCCC(NC1CCc2cc(Cl)ccc21)c1cccs1. The molecule has 1 aliphatic rings. The van der Waals surface area contributed by atoms with Crippen molar-refractivity contribution in [1.82, 2.24) is 5.32 Å². The van der Waals surface area contributed by atoms with E-state index in [1.165, 1.54) is 35.3 Å². The smallest absolute Gasteiger partial charge is 0.0419 e. The van der Waals surface area contributed by atoms with Gasteiger partial charge in [-0.25, -0.2) is 0 Å². The van der Waals surface area contributed by atoms with Crippen LogP contribution in [0.4, 0.5) is 0 Å². The standard InChI is InChI=1S/C17H20ClNS/c1-2-4-16(17-5-3-10-20-17)19-15-9-6-12-11-13(18)7-8-14(12)15/h3,5,7-8,10-11,15-16,19H,2,4,6,9H2,1H3. The molecule has 1 aromatic carbocycles. The fourth-order valence-electron chi connectivity index (χ4n) is 3.09. The summed E-state index contributed by atoms with van der Waals surface area (Å²) in [4.78, 5) is 1.45. The Kier molecular flexibility index (Phi) is 4.45. The van der Waals surface area contributed by atoms with Crippen molar-refractivity contribution in [3.8, 4) is 0 Å². The van der Waals surface area contributed by atoms with Gasteiger partial charge in [0.15, 0.2) is 0 Å². The molecule has 2 aromatic rings. The molecular weight excluding hydrogens is 286 g/mol. The lowest BCUT2D eigenvalue weighted by molar-refractivity contribution is 0.424. The average Bonchev–Trinajstić information content (AvgIpc) is 3.07. The molecule has 1 N–H and O–H groups in total. The van der Waals surface area contributed by atoms with Crippen LogP contribution in [0.2, 0.25) is 5.02 Å². The van der Waals surface area contributed by atoms with Crippen molar-refractivity contribution in [2.75, 3.05) is 0 Å². The van der Waals surface area contributed by atoms with Crippen LogP contribution >= 0.6 is 22.9 Å². The molecule has 0 spiro atoms. The third-order valence-electron chi connectivity index (χ3n) is 4.05. The van der Waals surface area contributed by atoms with Crippen LogP contribution < -0.4 is 5.32 Å². The summed E-state index contributed by atoms with van der Waals surface area (Å²) in [7, 11) is 0. The second-order valence-electron chi connectivity index (χ2n) is 5.46. The molecule has 1 nitrogen and oxygen atoms in total. The maximum Gasteiger partial charge on any atom is 0.0419 e. The predicted molar refractivity (Wildman–Crippen MR) is 87.6 cm³/mol. The second-order valence-corrected chi connectivity index (χ2v) is 6.87. The van der Waals surface area contributed by atoms with E-state index in [4.69, 9.17) is 11.6 Å². The molecule has 1 aromatic heterocycles. The van der Waals surface area contributed by atoms with E-state index in [0.717, 1.165) is 11.4 Å². The van der Waals surface area contributed by atoms with Gasteiger partial charge in [-0.2, -0.15) is 0 Å². The van der Waals surface area contributed by atoms with Crippen molar-refractivity contribution in [3.05, 3.63) is 56.7 Å². The lowest BCUT2D eigenvalue weighted by Crippen LogP contribution is -2.24. The Morgan fingerprint density at radius 1 is 1.40 bits per heavy atom. The third kappa shape index (κ3) is 2.93. The van der Waals surface area contributed by atoms with Gasteiger partial charge in [-0.15, -0.1) is 11.3 Å². The van der Waals surface area contributed by atoms with E-state index in [0.29, 0.717) is 12.1 Å². The quantitative estimate of drug-likeness (QED) is 0.767. The van der Waals surface area contributed by atoms with E-state index in [2.05, 4.69) is 41.9 Å². The van der Waals surface area contributed by atoms with Crippen molar-refractivity contribution < 1.29 is 0 Å². The minimum Gasteiger partial charge on any atom is -0.302 e. The number of halogens is 1. The number of fused-ring (bicyclic) bond motifs is 1. The highest BCUT2D eigenvalue weighted by Crippen LogP contribution is 2.36. The summed E-state index contributed by atoms with van der Waals surface area (Å²) in [5.41, 5.74) is 2.85. The molecule has 0 saturated carbocycles. The molecule has 3 heteroatoms. The first-order chi connectivity index (χ1) is 9.78. The molecule has 0 bridgehead atoms. The monoisotopic (exact) mass is 305 g/mol. The van der Waals surface area contributed by atoms with Crippen LogP contribution in [0.3, 0.4) is 0 Å². The third-order valence-corrected chi connectivity index (χ3v) is 5.27. The van der Waals surface area contributed by atoms with E-state index in [1.54, 1.807) is 0 Å². The van der Waals surface area contributed by atoms with Crippen LogP contribution in [0.1, 0.15) is 54.3 Å². The Bertz CT molecular complexity index is 564. The minimum atomic E-state index is 0.473. The molecule has 2 unspecified atom stereocenters. The molecule has 2 atom stereocenters. The first-order valence-corrected chi connectivity index (χ1v) is 8.61. The van der Waals surface area contributed by atoms with Crippen LogP contribution in [0, 0.1) is 0 Å². The molecule has 0 fully saturated rings. The van der Waals surface area contributed by atoms with Gasteiger partial charge in [0.25, 0.3) is 0 Å². The lowest BCUT2D eigenvalue weighted by Gasteiger charge is -2.22. The molecule has 20 heavy (non-hydrogen) atoms.